The van der Waals surface area contributed by atoms with Gasteiger partial charge in [-0.15, -0.1) is 12.3 Å². The third-order valence-electron chi connectivity index (χ3n) is 2.32. The summed E-state index contributed by atoms with van der Waals surface area (Å²) in [6.45, 7) is 0.376. The van der Waals surface area contributed by atoms with Gasteiger partial charge in [0.25, 0.3) is 0 Å². The molecule has 1 atom stereocenters. The first-order valence-corrected chi connectivity index (χ1v) is 5.27. The lowest BCUT2D eigenvalue weighted by Gasteiger charge is -2.11. The predicted octanol–water partition coefficient (Wildman–Crippen LogP) is 0.662. The number of carbonyl (C=O) groups is 1. The van der Waals surface area contributed by atoms with E-state index in [-0.39, 0.29) is 12.3 Å². The van der Waals surface area contributed by atoms with Crippen molar-refractivity contribution in [1.29, 1.82) is 0 Å². The van der Waals surface area contributed by atoms with Crippen molar-refractivity contribution in [3.63, 3.8) is 0 Å². The van der Waals surface area contributed by atoms with E-state index in [1.165, 1.54) is 0 Å². The molecule has 1 aromatic rings. The molecule has 0 aliphatic carbocycles. The molecule has 0 spiro atoms. The van der Waals surface area contributed by atoms with Gasteiger partial charge in [-0.05, 0) is 6.07 Å². The predicted molar refractivity (Wildman–Crippen MR) is 66.3 cm³/mol. The lowest BCUT2D eigenvalue weighted by atomic mass is 10.2. The molecule has 0 aromatic heterocycles. The Bertz CT molecular complexity index is 424. The van der Waals surface area contributed by atoms with Crippen LogP contribution in [0.25, 0.3) is 0 Å². The molecule has 90 valence electrons. The number of terminal acetylenes is 1. The van der Waals surface area contributed by atoms with Gasteiger partial charge < -0.3 is 15.8 Å². The molecule has 0 fully saturated rings. The first-order chi connectivity index (χ1) is 8.19. The van der Waals surface area contributed by atoms with E-state index in [0.29, 0.717) is 6.54 Å². The van der Waals surface area contributed by atoms with Gasteiger partial charge in [0.2, 0.25) is 5.91 Å². The second kappa shape index (κ2) is 6.56. The topological polar surface area (TPSA) is 64.4 Å². The van der Waals surface area contributed by atoms with Crippen LogP contribution in [-0.2, 0) is 11.3 Å². The summed E-state index contributed by atoms with van der Waals surface area (Å²) in [5, 5.41) is 2.72. The van der Waals surface area contributed by atoms with Gasteiger partial charge in [0.15, 0.2) is 0 Å². The fraction of sp³-hybridized carbons (Fsp3) is 0.308. The maximum Gasteiger partial charge on any atom is 0.238 e. The summed E-state index contributed by atoms with van der Waals surface area (Å²) in [6.07, 6.45) is 5.32. The molecule has 0 bridgehead atoms. The highest BCUT2D eigenvalue weighted by atomic mass is 16.5. The highest BCUT2D eigenvalue weighted by molar-refractivity contribution is 5.81. The van der Waals surface area contributed by atoms with Gasteiger partial charge in [-0.1, -0.05) is 18.2 Å². The smallest absolute Gasteiger partial charge is 0.238 e. The third kappa shape index (κ3) is 3.82. The summed E-state index contributed by atoms with van der Waals surface area (Å²) in [5.41, 5.74) is 6.48. The van der Waals surface area contributed by atoms with Crippen LogP contribution in [-0.4, -0.2) is 19.1 Å². The minimum Gasteiger partial charge on any atom is -0.496 e. The van der Waals surface area contributed by atoms with Crippen LogP contribution in [0.15, 0.2) is 24.3 Å². The lowest BCUT2D eigenvalue weighted by molar-refractivity contribution is -0.122. The number of methoxy groups -OCH3 is 1. The Morgan fingerprint density at radius 3 is 2.94 bits per heavy atom. The molecule has 4 nitrogen and oxygen atoms in total. The van der Waals surface area contributed by atoms with Crippen LogP contribution in [0.1, 0.15) is 12.0 Å². The molecule has 1 rings (SSSR count). The Hall–Kier alpha value is -1.99. The summed E-state index contributed by atoms with van der Waals surface area (Å²) in [6, 6.07) is 6.81. The minimum absolute atomic E-state index is 0.234. The second-order valence-corrected chi connectivity index (χ2v) is 3.54. The summed E-state index contributed by atoms with van der Waals surface area (Å²) in [4.78, 5) is 11.5. The summed E-state index contributed by atoms with van der Waals surface area (Å²) >= 11 is 0. The second-order valence-electron chi connectivity index (χ2n) is 3.54. The van der Waals surface area contributed by atoms with Gasteiger partial charge in [-0.25, -0.2) is 0 Å². The number of nitrogens with one attached hydrogen (secondary N) is 1. The van der Waals surface area contributed by atoms with Crippen molar-refractivity contribution < 1.29 is 9.53 Å². The van der Waals surface area contributed by atoms with Crippen LogP contribution in [0.2, 0.25) is 0 Å². The zero-order chi connectivity index (χ0) is 12.7. The molecule has 1 amide bonds. The maximum atomic E-state index is 11.5. The van der Waals surface area contributed by atoms with Crippen LogP contribution in [0, 0.1) is 12.3 Å². The van der Waals surface area contributed by atoms with E-state index in [4.69, 9.17) is 16.9 Å². The van der Waals surface area contributed by atoms with Crippen molar-refractivity contribution in [2.75, 3.05) is 7.11 Å². The van der Waals surface area contributed by atoms with Crippen LogP contribution in [0.5, 0.6) is 5.75 Å². The van der Waals surface area contributed by atoms with E-state index >= 15 is 0 Å². The molecular formula is C13H16N2O2. The zero-order valence-corrected chi connectivity index (χ0v) is 9.77. The molecule has 3 N–H and O–H groups in total. The number of hydrogen-bond donors (Lipinski definition) is 2. The van der Waals surface area contributed by atoms with E-state index in [0.717, 1.165) is 11.3 Å². The fourth-order valence-corrected chi connectivity index (χ4v) is 1.38. The van der Waals surface area contributed by atoms with E-state index in [2.05, 4.69) is 11.2 Å². The Morgan fingerprint density at radius 1 is 1.59 bits per heavy atom. The molecule has 0 heterocycles. The molecule has 0 saturated heterocycles. The Balaban J connectivity index is 2.56. The van der Waals surface area contributed by atoms with E-state index in [1.807, 2.05) is 24.3 Å². The minimum atomic E-state index is -0.658. The van der Waals surface area contributed by atoms with Gasteiger partial charge in [-0.2, -0.15) is 0 Å². The Labute approximate surface area is 101 Å². The Morgan fingerprint density at radius 2 is 2.29 bits per heavy atom. The number of rotatable bonds is 5. The van der Waals surface area contributed by atoms with Gasteiger partial charge in [0.05, 0.1) is 13.2 Å². The van der Waals surface area contributed by atoms with Crippen molar-refractivity contribution in [2.45, 2.75) is 19.0 Å². The highest BCUT2D eigenvalue weighted by Crippen LogP contribution is 2.16. The maximum absolute atomic E-state index is 11.5. The van der Waals surface area contributed by atoms with Crippen LogP contribution in [0.4, 0.5) is 0 Å². The molecule has 4 heteroatoms. The zero-order valence-electron chi connectivity index (χ0n) is 9.77. The van der Waals surface area contributed by atoms with Crippen molar-refractivity contribution in [1.82, 2.24) is 5.32 Å². The molecular weight excluding hydrogens is 216 g/mol. The van der Waals surface area contributed by atoms with Crippen LogP contribution >= 0.6 is 0 Å². The van der Waals surface area contributed by atoms with E-state index in [1.54, 1.807) is 7.11 Å². The van der Waals surface area contributed by atoms with Crippen molar-refractivity contribution in [3.05, 3.63) is 29.8 Å². The number of benzene rings is 1. The van der Waals surface area contributed by atoms with E-state index < -0.39 is 6.04 Å². The monoisotopic (exact) mass is 232 g/mol. The molecule has 17 heavy (non-hydrogen) atoms. The Kier molecular flexibility index (Phi) is 5.05. The lowest BCUT2D eigenvalue weighted by Crippen LogP contribution is -2.39. The standard InChI is InChI=1S/C13H16N2O2/c1-3-6-11(14)13(16)15-9-10-7-4-5-8-12(10)17-2/h1,4-5,7-8,11H,6,9,14H2,2H3,(H,15,16). The number of nitrogens with two attached hydrogens (primary N) is 1. The number of para-hydroxylation sites is 1. The average molecular weight is 232 g/mol. The average Bonchev–Trinajstić information content (AvgIpc) is 2.36. The van der Waals surface area contributed by atoms with Gasteiger partial charge in [0, 0.05) is 18.5 Å². The van der Waals surface area contributed by atoms with Gasteiger partial charge in [-0.3, -0.25) is 4.79 Å². The molecule has 1 aromatic carbocycles. The van der Waals surface area contributed by atoms with Crippen molar-refractivity contribution in [2.24, 2.45) is 5.73 Å². The fourth-order valence-electron chi connectivity index (χ4n) is 1.38. The van der Waals surface area contributed by atoms with Gasteiger partial charge >= 0.3 is 0 Å². The quantitative estimate of drug-likeness (QED) is 0.733. The highest BCUT2D eigenvalue weighted by Gasteiger charge is 2.12. The van der Waals surface area contributed by atoms with Crippen LogP contribution < -0.4 is 15.8 Å². The van der Waals surface area contributed by atoms with E-state index in [9.17, 15) is 4.79 Å². The number of amides is 1. The molecule has 0 radical (unpaired) electrons. The summed E-state index contributed by atoms with van der Waals surface area (Å²) in [7, 11) is 1.59. The van der Waals surface area contributed by atoms with Crippen molar-refractivity contribution in [3.8, 4) is 18.1 Å². The summed E-state index contributed by atoms with van der Waals surface area (Å²) in [5.74, 6) is 2.84. The number of hydrogen-bond acceptors (Lipinski definition) is 3. The molecule has 0 saturated carbocycles. The first-order valence-electron chi connectivity index (χ1n) is 5.27. The molecule has 0 aliphatic heterocycles. The normalized spacial score (nSPS) is 11.4. The summed E-state index contributed by atoms with van der Waals surface area (Å²) < 4.78 is 5.17. The first kappa shape index (κ1) is 13.1. The van der Waals surface area contributed by atoms with Crippen molar-refractivity contribution >= 4 is 5.91 Å². The SMILES string of the molecule is C#CCC(N)C(=O)NCc1ccccc1OC. The number of ether oxygens (including phenoxy) is 1. The van der Waals surface area contributed by atoms with Gasteiger partial charge in [0.1, 0.15) is 5.75 Å². The molecule has 0 aliphatic rings. The van der Waals surface area contributed by atoms with Crippen LogP contribution in [0.3, 0.4) is 0 Å². The molecule has 1 unspecified atom stereocenters. The largest absolute Gasteiger partial charge is 0.496 e. The number of carbonyl (C=O) groups excluding carboxylic acids is 1. The third-order valence-corrected chi connectivity index (χ3v) is 2.32.